The number of benzene rings is 1. The van der Waals surface area contributed by atoms with Crippen molar-refractivity contribution in [3.63, 3.8) is 0 Å². The van der Waals surface area contributed by atoms with E-state index >= 15 is 0 Å². The van der Waals surface area contributed by atoms with Gasteiger partial charge in [0.25, 0.3) is 0 Å². The van der Waals surface area contributed by atoms with E-state index in [0.717, 1.165) is 18.5 Å². The summed E-state index contributed by atoms with van der Waals surface area (Å²) in [6, 6.07) is 8.33. The Hall–Kier alpha value is -3.18. The molecule has 1 N–H and O–H groups in total. The smallest absolute Gasteiger partial charge is 0.314 e. The first-order chi connectivity index (χ1) is 18.5. The molecule has 3 unspecified atom stereocenters. The molecule has 1 aliphatic carbocycles. The minimum atomic E-state index is -1.09. The summed E-state index contributed by atoms with van der Waals surface area (Å²) in [5.74, 6) is 1.09. The summed E-state index contributed by atoms with van der Waals surface area (Å²) < 4.78 is 21.8. The quantitative estimate of drug-likeness (QED) is 0.304. The Balaban J connectivity index is 2.17. The predicted molar refractivity (Wildman–Crippen MR) is 152 cm³/mol. The molecule has 0 aromatic heterocycles. The zero-order chi connectivity index (χ0) is 29.4. The molecule has 8 nitrogen and oxygen atoms in total. The minimum Gasteiger partial charge on any atom is -0.493 e. The molecule has 3 atom stereocenters. The van der Waals surface area contributed by atoms with Crippen molar-refractivity contribution in [2.24, 2.45) is 23.2 Å². The highest BCUT2D eigenvalue weighted by Crippen LogP contribution is 2.46. The number of hydrogen-bond acceptors (Lipinski definition) is 7. The molecule has 0 fully saturated rings. The highest BCUT2D eigenvalue weighted by Gasteiger charge is 2.49. The Labute approximate surface area is 234 Å². The highest BCUT2D eigenvalue weighted by atomic mass is 16.5. The van der Waals surface area contributed by atoms with Crippen LogP contribution in [0.3, 0.4) is 0 Å². The Morgan fingerprint density at radius 1 is 1.05 bits per heavy atom. The molecule has 0 bridgehead atoms. The number of nitrogens with zero attached hydrogens (tertiary/aromatic N) is 2. The largest absolute Gasteiger partial charge is 0.493 e. The first-order valence-corrected chi connectivity index (χ1v) is 13.6. The van der Waals surface area contributed by atoms with Crippen LogP contribution in [0.4, 0.5) is 0 Å². The van der Waals surface area contributed by atoms with E-state index in [9.17, 15) is 15.2 Å². The molecule has 1 aromatic carbocycles. The summed E-state index contributed by atoms with van der Waals surface area (Å²) >= 11 is 0. The number of hydrogen-bond donors (Lipinski definition) is 1. The van der Waals surface area contributed by atoms with E-state index < -0.39 is 16.8 Å². The van der Waals surface area contributed by atoms with Crippen LogP contribution < -0.4 is 9.47 Å². The summed E-state index contributed by atoms with van der Waals surface area (Å²) in [6.07, 6.45) is 5.75. The molecule has 8 heteroatoms. The third-order valence-corrected chi connectivity index (χ3v) is 8.36. The number of carbonyl (C=O) groups is 1. The van der Waals surface area contributed by atoms with E-state index in [-0.39, 0.29) is 17.8 Å². The molecule has 1 aromatic rings. The zero-order valence-electron chi connectivity index (χ0n) is 25.0. The van der Waals surface area contributed by atoms with Crippen LogP contribution in [0.25, 0.3) is 0 Å². The lowest BCUT2D eigenvalue weighted by molar-refractivity contribution is -0.151. The maximum absolute atomic E-state index is 12.6. The standard InChI is InChI=1S/C31H46N2O6/c1-21(2)30(20-32,23-11-12-25(36-6)26(17-23)37-7)14-10-15-33(5)16-13-24-18-27(38-8)28(39-9)19-31(24,22(3)4)29(34)35/h11-12,17-19,21-22,24H,10,13-16H2,1-9H3,(H,34,35). The first-order valence-electron chi connectivity index (χ1n) is 13.6. The number of carboxylic acid groups (broad SMARTS) is 1. The molecule has 0 amide bonds. The predicted octanol–water partition coefficient (Wildman–Crippen LogP) is 5.64. The average molecular weight is 543 g/mol. The first kappa shape index (κ1) is 32.0. The number of aliphatic carboxylic acids is 1. The van der Waals surface area contributed by atoms with Crippen LogP contribution in [-0.2, 0) is 19.7 Å². The van der Waals surface area contributed by atoms with Crippen molar-refractivity contribution in [2.45, 2.75) is 52.4 Å². The van der Waals surface area contributed by atoms with Gasteiger partial charge in [-0.2, -0.15) is 5.26 Å². The number of allylic oxidation sites excluding steroid dienone is 1. The lowest BCUT2D eigenvalue weighted by Crippen LogP contribution is -2.44. The van der Waals surface area contributed by atoms with Gasteiger partial charge in [0.15, 0.2) is 23.0 Å². The Bertz CT molecular complexity index is 1090. The van der Waals surface area contributed by atoms with Crippen molar-refractivity contribution in [2.75, 3.05) is 48.6 Å². The highest BCUT2D eigenvalue weighted by molar-refractivity contribution is 5.79. The summed E-state index contributed by atoms with van der Waals surface area (Å²) in [4.78, 5) is 14.8. The molecule has 2 rings (SSSR count). The molecule has 1 aliphatic rings. The summed E-state index contributed by atoms with van der Waals surface area (Å²) in [5.41, 5.74) is -0.837. The lowest BCUT2D eigenvalue weighted by atomic mass is 9.64. The van der Waals surface area contributed by atoms with Crippen LogP contribution in [0.5, 0.6) is 11.5 Å². The maximum atomic E-state index is 12.6. The molecule has 0 spiro atoms. The third kappa shape index (κ3) is 6.52. The molecular weight excluding hydrogens is 496 g/mol. The van der Waals surface area contributed by atoms with Crippen LogP contribution in [0.1, 0.15) is 52.5 Å². The van der Waals surface area contributed by atoms with E-state index in [0.29, 0.717) is 42.4 Å². The Morgan fingerprint density at radius 3 is 2.18 bits per heavy atom. The van der Waals surface area contributed by atoms with Gasteiger partial charge in [0.05, 0.1) is 45.3 Å². The van der Waals surface area contributed by atoms with Gasteiger partial charge in [-0.3, -0.25) is 4.79 Å². The van der Waals surface area contributed by atoms with Crippen LogP contribution >= 0.6 is 0 Å². The van der Waals surface area contributed by atoms with Gasteiger partial charge in [-0.15, -0.1) is 0 Å². The van der Waals surface area contributed by atoms with Crippen LogP contribution in [0, 0.1) is 34.5 Å². The normalized spacial score (nSPS) is 20.6. The van der Waals surface area contributed by atoms with Crippen LogP contribution in [0.2, 0.25) is 0 Å². The number of carboxylic acids is 1. The van der Waals surface area contributed by atoms with Crippen molar-refractivity contribution in [3.05, 3.63) is 47.4 Å². The van der Waals surface area contributed by atoms with Gasteiger partial charge in [0.2, 0.25) is 0 Å². The van der Waals surface area contributed by atoms with Crippen molar-refractivity contribution in [1.82, 2.24) is 4.90 Å². The number of rotatable bonds is 15. The fourth-order valence-electron chi connectivity index (χ4n) is 5.74. The lowest BCUT2D eigenvalue weighted by Gasteiger charge is -2.40. The second-order valence-corrected chi connectivity index (χ2v) is 11.0. The number of ether oxygens (including phenoxy) is 4. The van der Waals surface area contributed by atoms with Gasteiger partial charge in [0, 0.05) is 5.92 Å². The SMILES string of the molecule is COC1=CC(CCN(C)CCCC(C#N)(c2ccc(OC)c(OC)c2)C(C)C)C(C(=O)O)(C(C)C)C=C1OC. The molecule has 0 saturated heterocycles. The summed E-state index contributed by atoms with van der Waals surface area (Å²) in [7, 11) is 8.33. The monoisotopic (exact) mass is 542 g/mol. The molecule has 0 saturated carbocycles. The summed E-state index contributed by atoms with van der Waals surface area (Å²) in [6.45, 7) is 9.49. The van der Waals surface area contributed by atoms with Crippen molar-refractivity contribution >= 4 is 5.97 Å². The zero-order valence-corrected chi connectivity index (χ0v) is 25.0. The van der Waals surface area contributed by atoms with Crippen LogP contribution in [-0.4, -0.2) is 64.6 Å². The summed E-state index contributed by atoms with van der Waals surface area (Å²) in [5, 5.41) is 20.7. The van der Waals surface area contributed by atoms with Gasteiger partial charge in [-0.25, -0.2) is 0 Å². The number of nitriles is 1. The minimum absolute atomic E-state index is 0.0924. The fourth-order valence-corrected chi connectivity index (χ4v) is 5.74. The van der Waals surface area contributed by atoms with E-state index in [2.05, 4.69) is 24.8 Å². The molecule has 216 valence electrons. The van der Waals surface area contributed by atoms with Crippen molar-refractivity contribution in [3.8, 4) is 17.6 Å². The van der Waals surface area contributed by atoms with Gasteiger partial charge >= 0.3 is 5.97 Å². The van der Waals surface area contributed by atoms with E-state index in [1.165, 1.54) is 7.11 Å². The molecule has 0 radical (unpaired) electrons. The number of methoxy groups -OCH3 is 4. The van der Waals surface area contributed by atoms with E-state index in [1.807, 2.05) is 45.2 Å². The third-order valence-electron chi connectivity index (χ3n) is 8.36. The van der Waals surface area contributed by atoms with Crippen molar-refractivity contribution < 1.29 is 28.8 Å². The fraction of sp³-hybridized carbons (Fsp3) is 0.613. The maximum Gasteiger partial charge on any atom is 0.314 e. The van der Waals surface area contributed by atoms with Gasteiger partial charge in [0.1, 0.15) is 0 Å². The second-order valence-electron chi connectivity index (χ2n) is 11.0. The van der Waals surface area contributed by atoms with Crippen LogP contribution in [0.15, 0.2) is 41.9 Å². The van der Waals surface area contributed by atoms with Crippen molar-refractivity contribution in [1.29, 1.82) is 5.26 Å². The van der Waals surface area contributed by atoms with E-state index in [1.54, 1.807) is 27.4 Å². The Morgan fingerprint density at radius 2 is 1.69 bits per heavy atom. The van der Waals surface area contributed by atoms with Gasteiger partial charge < -0.3 is 29.0 Å². The molecular formula is C31H46N2O6. The molecule has 39 heavy (non-hydrogen) atoms. The Kier molecular flexibility index (Phi) is 11.3. The molecule has 0 aliphatic heterocycles. The second kappa shape index (κ2) is 13.7. The topological polar surface area (TPSA) is 101 Å². The van der Waals surface area contributed by atoms with Gasteiger partial charge in [-0.1, -0.05) is 33.8 Å². The average Bonchev–Trinajstić information content (AvgIpc) is 2.92. The molecule has 0 heterocycles. The van der Waals surface area contributed by atoms with E-state index in [4.69, 9.17) is 18.9 Å². The van der Waals surface area contributed by atoms with Gasteiger partial charge in [-0.05, 0) is 81.1 Å².